The van der Waals surface area contributed by atoms with E-state index in [1.54, 1.807) is 0 Å². The molecule has 0 aliphatic heterocycles. The van der Waals surface area contributed by atoms with E-state index in [-0.39, 0.29) is 0 Å². The van der Waals surface area contributed by atoms with Crippen LogP contribution in [0.2, 0.25) is 0 Å². The molecule has 0 N–H and O–H groups in total. The lowest BCUT2D eigenvalue weighted by atomic mass is 9.93. The molecule has 12 rings (SSSR count). The Labute approximate surface area is 433 Å². The Morgan fingerprint density at radius 2 is 0.625 bits per heavy atom. The van der Waals surface area contributed by atoms with Gasteiger partial charge in [0.05, 0.1) is 31.8 Å². The summed E-state index contributed by atoms with van der Waals surface area (Å²) in [6.07, 6.45) is 26.6. The Hall–Kier alpha value is -5.82. The monoisotopic (exact) mass is 983 g/mol. The van der Waals surface area contributed by atoms with Crippen molar-refractivity contribution < 1.29 is 0 Å². The molecule has 8 aromatic carbocycles. The van der Waals surface area contributed by atoms with Crippen molar-refractivity contribution in [3.8, 4) is 31.2 Å². The second-order valence-corrected chi connectivity index (χ2v) is 23.2. The van der Waals surface area contributed by atoms with E-state index in [0.717, 1.165) is 48.6 Å². The van der Waals surface area contributed by atoms with E-state index >= 15 is 0 Å². The molecule has 0 saturated carbocycles. The van der Waals surface area contributed by atoms with Gasteiger partial charge in [-0.05, 0) is 80.2 Å². The highest BCUT2D eigenvalue weighted by Crippen LogP contribution is 2.47. The third-order valence-corrected chi connectivity index (χ3v) is 18.5. The van der Waals surface area contributed by atoms with E-state index in [1.807, 2.05) is 22.7 Å². The smallest absolute Gasteiger partial charge is 0.151 e. The van der Waals surface area contributed by atoms with Gasteiger partial charge in [0.2, 0.25) is 0 Å². The number of nitrogens with zero attached hydrogens (tertiary/aromatic N) is 4. The summed E-state index contributed by atoms with van der Waals surface area (Å²) >= 11 is 3.79. The van der Waals surface area contributed by atoms with E-state index in [9.17, 15) is 0 Å². The van der Waals surface area contributed by atoms with Crippen LogP contribution >= 0.6 is 22.7 Å². The summed E-state index contributed by atoms with van der Waals surface area (Å²) in [5.41, 5.74) is 4.85. The van der Waals surface area contributed by atoms with Gasteiger partial charge in [0.1, 0.15) is 0 Å². The Bertz CT molecular complexity index is 3520. The Kier molecular flexibility index (Phi) is 14.0. The van der Waals surface area contributed by atoms with Gasteiger partial charge in [-0.25, -0.2) is 9.97 Å². The molecule has 366 valence electrons. The van der Waals surface area contributed by atoms with Crippen molar-refractivity contribution in [3.05, 3.63) is 121 Å². The highest BCUT2D eigenvalue weighted by atomic mass is 32.1. The molecular formula is C66H70N4S2. The van der Waals surface area contributed by atoms with Gasteiger partial charge in [0.25, 0.3) is 0 Å². The first-order valence-corrected chi connectivity index (χ1v) is 29.7. The zero-order valence-corrected chi connectivity index (χ0v) is 44.3. The molecule has 0 unspecified atom stereocenters. The van der Waals surface area contributed by atoms with Crippen molar-refractivity contribution in [1.29, 1.82) is 0 Å². The average molecular weight is 983 g/mol. The maximum Gasteiger partial charge on any atom is 0.151 e. The van der Waals surface area contributed by atoms with Crippen LogP contribution in [0.4, 0.5) is 0 Å². The molecule has 4 aromatic heterocycles. The van der Waals surface area contributed by atoms with Crippen LogP contribution in [0.1, 0.15) is 142 Å². The van der Waals surface area contributed by atoms with Gasteiger partial charge >= 0.3 is 0 Å². The zero-order valence-electron chi connectivity index (χ0n) is 42.7. The minimum absolute atomic E-state index is 0.969. The number of imidazole rings is 2. The lowest BCUT2D eigenvalue weighted by molar-refractivity contribution is 0.539. The van der Waals surface area contributed by atoms with Gasteiger partial charge in [0, 0.05) is 44.4 Å². The molecule has 0 atom stereocenters. The van der Waals surface area contributed by atoms with Crippen LogP contribution < -0.4 is 0 Å². The normalized spacial score (nSPS) is 12.4. The molecule has 0 fully saturated rings. The fraction of sp³-hybridized carbons (Fsp3) is 0.364. The van der Waals surface area contributed by atoms with Crippen molar-refractivity contribution in [2.75, 3.05) is 0 Å². The van der Waals surface area contributed by atoms with Crippen LogP contribution in [-0.4, -0.2) is 19.1 Å². The van der Waals surface area contributed by atoms with Gasteiger partial charge in [-0.1, -0.05) is 226 Å². The second kappa shape index (κ2) is 21.3. The molecule has 0 amide bonds. The number of thiophene rings is 2. The molecule has 4 heterocycles. The molecule has 0 aliphatic carbocycles. The maximum atomic E-state index is 5.68. The van der Waals surface area contributed by atoms with E-state index in [2.05, 4.69) is 144 Å². The fourth-order valence-corrected chi connectivity index (χ4v) is 14.5. The topological polar surface area (TPSA) is 35.6 Å². The number of hydrogen-bond acceptors (Lipinski definition) is 4. The SMILES string of the molecule is CCCCCCCCCCCCn1c(-c2ccc(-c3ccc(-c4nc5c6cccc7ccc8cccc(c8c76)c5n4CCCCCCCCCCCC)s3)s2)nc2c3cccc4ccc5cccc(c5c43)c21. The summed E-state index contributed by atoms with van der Waals surface area (Å²) in [6, 6.07) is 45.9. The van der Waals surface area contributed by atoms with Crippen LogP contribution in [0, 0.1) is 0 Å². The van der Waals surface area contributed by atoms with E-state index in [0.29, 0.717) is 0 Å². The molecule has 0 saturated heterocycles. The first-order chi connectivity index (χ1) is 35.7. The minimum Gasteiger partial charge on any atom is -0.323 e. The number of hydrogen-bond donors (Lipinski definition) is 0. The number of fused-ring (bicyclic) bond motifs is 6. The third kappa shape index (κ3) is 8.85. The highest BCUT2D eigenvalue weighted by Gasteiger charge is 2.24. The number of aryl methyl sites for hydroxylation is 2. The molecule has 0 radical (unpaired) electrons. The van der Waals surface area contributed by atoms with Gasteiger partial charge < -0.3 is 9.13 Å². The maximum absolute atomic E-state index is 5.68. The first-order valence-electron chi connectivity index (χ1n) is 28.0. The quantitative estimate of drug-likeness (QED) is 0.0423. The molecule has 0 spiro atoms. The lowest BCUT2D eigenvalue weighted by Gasteiger charge is -2.14. The second-order valence-electron chi connectivity index (χ2n) is 21.0. The van der Waals surface area contributed by atoms with Crippen molar-refractivity contribution in [2.24, 2.45) is 0 Å². The average Bonchev–Trinajstić information content (AvgIpc) is 4.25. The predicted octanol–water partition coefficient (Wildman–Crippen LogP) is 21.1. The molecule has 72 heavy (non-hydrogen) atoms. The number of aromatic nitrogens is 4. The van der Waals surface area contributed by atoms with Crippen LogP contribution in [-0.2, 0) is 13.1 Å². The molecule has 6 heteroatoms. The van der Waals surface area contributed by atoms with Crippen molar-refractivity contribution >= 4 is 109 Å². The van der Waals surface area contributed by atoms with Crippen LogP contribution in [0.3, 0.4) is 0 Å². The standard InChI is InChI=1S/C66H70N4S2/c1-3-5-7-9-11-13-15-17-19-21-43-69-63-51-33-25-29-47-37-35-45-27-23-31-49(57(45)59(47)51)61(63)67-65(69)55-41-39-53(71-55)54-40-42-56(72-54)66-68-62-50-32-24-28-46-36-38-48-30-26-34-52(60(48)58(46)50)64(62)70(66)44-22-20-18-16-14-12-10-8-6-4-2/h23-42H,3-22,43-44H2,1-2H3. The van der Waals surface area contributed by atoms with Crippen molar-refractivity contribution in [1.82, 2.24) is 19.1 Å². The van der Waals surface area contributed by atoms with Crippen molar-refractivity contribution in [2.45, 2.75) is 155 Å². The molecule has 0 bridgehead atoms. The Morgan fingerprint density at radius 1 is 0.319 bits per heavy atom. The Balaban J connectivity index is 0.885. The zero-order chi connectivity index (χ0) is 48.4. The van der Waals surface area contributed by atoms with Crippen LogP contribution in [0.15, 0.2) is 121 Å². The lowest BCUT2D eigenvalue weighted by Crippen LogP contribution is -2.01. The van der Waals surface area contributed by atoms with Crippen LogP contribution in [0.25, 0.3) is 118 Å². The minimum atomic E-state index is 0.969. The highest BCUT2D eigenvalue weighted by molar-refractivity contribution is 7.25. The summed E-state index contributed by atoms with van der Waals surface area (Å²) < 4.78 is 5.21. The number of unbranched alkanes of at least 4 members (excludes halogenated alkanes) is 18. The van der Waals surface area contributed by atoms with Gasteiger partial charge in [0.15, 0.2) is 11.6 Å². The number of benzene rings is 8. The first kappa shape index (κ1) is 47.2. The van der Waals surface area contributed by atoms with Gasteiger partial charge in [-0.15, -0.1) is 22.7 Å². The van der Waals surface area contributed by atoms with Gasteiger partial charge in [-0.2, -0.15) is 0 Å². The summed E-state index contributed by atoms with van der Waals surface area (Å²) in [7, 11) is 0. The Morgan fingerprint density at radius 3 is 0.986 bits per heavy atom. The van der Waals surface area contributed by atoms with E-state index < -0.39 is 0 Å². The van der Waals surface area contributed by atoms with Crippen molar-refractivity contribution in [3.63, 3.8) is 0 Å². The summed E-state index contributed by atoms with van der Waals surface area (Å²) in [4.78, 5) is 16.4. The third-order valence-electron chi connectivity index (χ3n) is 16.1. The molecular weight excluding hydrogens is 913 g/mol. The predicted molar refractivity (Wildman–Crippen MR) is 316 cm³/mol. The molecule has 12 aromatic rings. The summed E-state index contributed by atoms with van der Waals surface area (Å²) in [6.45, 7) is 6.55. The van der Waals surface area contributed by atoms with Crippen LogP contribution in [0.5, 0.6) is 0 Å². The largest absolute Gasteiger partial charge is 0.323 e. The fourth-order valence-electron chi connectivity index (χ4n) is 12.4. The molecule has 0 aliphatic rings. The van der Waals surface area contributed by atoms with E-state index in [4.69, 9.17) is 9.97 Å². The summed E-state index contributed by atoms with van der Waals surface area (Å²) in [5.74, 6) is 2.21. The number of rotatable bonds is 25. The molecule has 4 nitrogen and oxygen atoms in total. The summed E-state index contributed by atoms with van der Waals surface area (Å²) in [5, 5.41) is 15.8. The van der Waals surface area contributed by atoms with E-state index in [1.165, 1.54) is 211 Å². The van der Waals surface area contributed by atoms with Gasteiger partial charge in [-0.3, -0.25) is 0 Å².